The number of Topliss-reactive ketones (excluding diaryl/α,β-unsaturated/α-hetero) is 1. The van der Waals surface area contributed by atoms with Crippen LogP contribution in [0.25, 0.3) is 10.9 Å². The van der Waals surface area contributed by atoms with Crippen LogP contribution >= 0.6 is 0 Å². The largest absolute Gasteiger partial charge is 0.451 e. The van der Waals surface area contributed by atoms with Crippen LogP contribution in [0.4, 0.5) is 5.69 Å². The van der Waals surface area contributed by atoms with E-state index in [-0.39, 0.29) is 17.9 Å². The van der Waals surface area contributed by atoms with Crippen molar-refractivity contribution in [1.29, 1.82) is 0 Å². The van der Waals surface area contributed by atoms with Crippen LogP contribution in [-0.4, -0.2) is 33.3 Å². The lowest BCUT2D eigenvalue weighted by molar-refractivity contribution is -0.153. The van der Waals surface area contributed by atoms with Crippen molar-refractivity contribution in [3.8, 4) is 0 Å². The average Bonchev–Trinajstić information content (AvgIpc) is 2.70. The van der Waals surface area contributed by atoms with Crippen LogP contribution in [-0.2, 0) is 20.9 Å². The number of carbonyl (C=O) groups excluding carboxylic acids is 3. The van der Waals surface area contributed by atoms with Crippen LogP contribution in [0.5, 0.6) is 0 Å². The molecule has 8 heteroatoms. The number of fused-ring (bicyclic) bond motifs is 1. The molecule has 1 N–H and O–H groups in total. The molecule has 1 heterocycles. The lowest BCUT2D eigenvalue weighted by atomic mass is 10.1. The minimum Gasteiger partial charge on any atom is -0.451 e. The quantitative estimate of drug-likeness (QED) is 0.508. The summed E-state index contributed by atoms with van der Waals surface area (Å²) in [6, 6.07) is 13.3. The van der Waals surface area contributed by atoms with Crippen LogP contribution < -0.4 is 10.9 Å². The van der Waals surface area contributed by atoms with Crippen molar-refractivity contribution in [3.05, 3.63) is 70.8 Å². The Hall–Kier alpha value is -3.81. The highest BCUT2D eigenvalue weighted by Crippen LogP contribution is 2.16. The Balaban J connectivity index is 1.66. The summed E-state index contributed by atoms with van der Waals surface area (Å²) in [6.45, 7) is 2.42. The van der Waals surface area contributed by atoms with Crippen LogP contribution in [0.2, 0.25) is 0 Å². The Morgan fingerprint density at radius 1 is 1.10 bits per heavy atom. The highest BCUT2D eigenvalue weighted by atomic mass is 16.5. The van der Waals surface area contributed by atoms with Gasteiger partial charge in [0.1, 0.15) is 6.54 Å². The summed E-state index contributed by atoms with van der Waals surface area (Å²) in [6.07, 6.45) is 0.145. The third kappa shape index (κ3) is 4.55. The Kier molecular flexibility index (Phi) is 5.82. The fourth-order valence-electron chi connectivity index (χ4n) is 2.78. The highest BCUT2D eigenvalue weighted by molar-refractivity contribution is 6.04. The Morgan fingerprint density at radius 3 is 2.55 bits per heavy atom. The number of benzene rings is 2. The maximum atomic E-state index is 12.4. The second kappa shape index (κ2) is 8.47. The van der Waals surface area contributed by atoms with E-state index in [1.54, 1.807) is 48.5 Å². The second-order valence-electron chi connectivity index (χ2n) is 6.42. The number of para-hydroxylation sites is 2. The van der Waals surface area contributed by atoms with E-state index in [9.17, 15) is 19.2 Å². The number of hydrogen-bond acceptors (Lipinski definition) is 6. The van der Waals surface area contributed by atoms with Gasteiger partial charge in [-0.3, -0.25) is 23.7 Å². The van der Waals surface area contributed by atoms with Crippen LogP contribution in [0.15, 0.2) is 59.7 Å². The maximum absolute atomic E-state index is 12.4. The van der Waals surface area contributed by atoms with Crippen molar-refractivity contribution in [2.75, 3.05) is 5.32 Å². The first-order chi connectivity index (χ1) is 13.9. The molecule has 0 saturated carbocycles. The molecule has 0 bridgehead atoms. The van der Waals surface area contributed by atoms with E-state index in [0.717, 1.165) is 4.57 Å². The molecule has 0 aliphatic heterocycles. The van der Waals surface area contributed by atoms with Gasteiger partial charge in [0.2, 0.25) is 0 Å². The minimum atomic E-state index is -1.12. The molecule has 1 aromatic heterocycles. The van der Waals surface area contributed by atoms with Crippen molar-refractivity contribution < 1.29 is 19.1 Å². The lowest BCUT2D eigenvalue weighted by Gasteiger charge is -2.15. The van der Waals surface area contributed by atoms with E-state index in [2.05, 4.69) is 10.3 Å². The molecule has 0 radical (unpaired) electrons. The van der Waals surface area contributed by atoms with Gasteiger partial charge in [-0.15, -0.1) is 0 Å². The molecule has 1 amide bonds. The first-order valence-electron chi connectivity index (χ1n) is 8.91. The van der Waals surface area contributed by atoms with E-state index in [1.807, 2.05) is 0 Å². The molecule has 148 valence electrons. The number of ether oxygens (including phenoxy) is 1. The zero-order valence-corrected chi connectivity index (χ0v) is 15.9. The molecule has 1 atom stereocenters. The number of esters is 1. The molecule has 2 aromatic carbocycles. The van der Waals surface area contributed by atoms with Crippen molar-refractivity contribution >= 4 is 34.3 Å². The predicted octanol–water partition coefficient (Wildman–Crippen LogP) is 2.17. The van der Waals surface area contributed by atoms with E-state index >= 15 is 0 Å². The molecule has 0 spiro atoms. The molecule has 8 nitrogen and oxygen atoms in total. The molecule has 0 fully saturated rings. The van der Waals surface area contributed by atoms with Gasteiger partial charge in [0, 0.05) is 5.56 Å². The van der Waals surface area contributed by atoms with Crippen molar-refractivity contribution in [1.82, 2.24) is 9.55 Å². The van der Waals surface area contributed by atoms with Gasteiger partial charge in [-0.25, -0.2) is 4.98 Å². The van der Waals surface area contributed by atoms with Crippen molar-refractivity contribution in [2.24, 2.45) is 0 Å². The number of hydrogen-bond donors (Lipinski definition) is 1. The summed E-state index contributed by atoms with van der Waals surface area (Å²) in [7, 11) is 0. The number of carbonyl (C=O) groups is 3. The van der Waals surface area contributed by atoms with Gasteiger partial charge < -0.3 is 10.1 Å². The van der Waals surface area contributed by atoms with Gasteiger partial charge in [0.05, 0.1) is 22.9 Å². The number of anilines is 1. The maximum Gasteiger partial charge on any atom is 0.326 e. The monoisotopic (exact) mass is 393 g/mol. The van der Waals surface area contributed by atoms with E-state index in [1.165, 1.54) is 20.2 Å². The number of nitrogens with one attached hydrogen (secondary N) is 1. The lowest BCUT2D eigenvalue weighted by Crippen LogP contribution is -2.33. The highest BCUT2D eigenvalue weighted by Gasteiger charge is 2.20. The average molecular weight is 393 g/mol. The SMILES string of the molecule is CC(=O)c1ccccc1NC(=O)[C@@H](C)OC(=O)Cn1cnc2ccccc2c1=O. The van der Waals surface area contributed by atoms with Gasteiger partial charge in [0.25, 0.3) is 11.5 Å². The fourth-order valence-corrected chi connectivity index (χ4v) is 2.78. The number of aromatic nitrogens is 2. The third-order valence-electron chi connectivity index (χ3n) is 4.27. The Bertz CT molecular complexity index is 1150. The summed E-state index contributed by atoms with van der Waals surface area (Å²) in [5.74, 6) is -1.54. The van der Waals surface area contributed by atoms with E-state index in [4.69, 9.17) is 4.74 Å². The summed E-state index contributed by atoms with van der Waals surface area (Å²) in [5, 5.41) is 2.96. The summed E-state index contributed by atoms with van der Waals surface area (Å²) in [5.41, 5.74) is 0.843. The van der Waals surface area contributed by atoms with Gasteiger partial charge in [-0.05, 0) is 38.1 Å². The van der Waals surface area contributed by atoms with Gasteiger partial charge in [0.15, 0.2) is 11.9 Å². The molecule has 29 heavy (non-hydrogen) atoms. The smallest absolute Gasteiger partial charge is 0.326 e. The minimum absolute atomic E-state index is 0.200. The molecular formula is C21H19N3O5. The fraction of sp³-hybridized carbons (Fsp3) is 0.190. The molecule has 0 aliphatic rings. The molecule has 0 unspecified atom stereocenters. The zero-order chi connectivity index (χ0) is 21.0. The number of nitrogens with zero attached hydrogens (tertiary/aromatic N) is 2. The molecule has 3 rings (SSSR count). The third-order valence-corrected chi connectivity index (χ3v) is 4.27. The molecule has 0 aliphatic carbocycles. The topological polar surface area (TPSA) is 107 Å². The van der Waals surface area contributed by atoms with Crippen molar-refractivity contribution in [2.45, 2.75) is 26.5 Å². The zero-order valence-electron chi connectivity index (χ0n) is 15.9. The number of ketones is 1. The molecular weight excluding hydrogens is 374 g/mol. The summed E-state index contributed by atoms with van der Waals surface area (Å²) < 4.78 is 6.26. The molecule has 0 saturated heterocycles. The van der Waals surface area contributed by atoms with Crippen LogP contribution in [0, 0.1) is 0 Å². The van der Waals surface area contributed by atoms with Gasteiger partial charge in [-0.2, -0.15) is 0 Å². The Morgan fingerprint density at radius 2 is 1.79 bits per heavy atom. The first kappa shape index (κ1) is 19.9. The standard InChI is InChI=1S/C21H19N3O5/c1-13(25)15-7-3-6-10-18(15)23-20(27)14(2)29-19(26)11-24-12-22-17-9-5-4-8-16(17)21(24)28/h3-10,12,14H,11H2,1-2H3,(H,23,27)/t14-/m1/s1. The molecule has 3 aromatic rings. The number of amides is 1. The van der Waals surface area contributed by atoms with Gasteiger partial charge in [-0.1, -0.05) is 24.3 Å². The Labute approximate surface area is 166 Å². The predicted molar refractivity (Wildman–Crippen MR) is 107 cm³/mol. The van der Waals surface area contributed by atoms with E-state index < -0.39 is 18.0 Å². The normalized spacial score (nSPS) is 11.7. The first-order valence-corrected chi connectivity index (χ1v) is 8.91. The van der Waals surface area contributed by atoms with Crippen LogP contribution in [0.3, 0.4) is 0 Å². The van der Waals surface area contributed by atoms with E-state index in [0.29, 0.717) is 22.2 Å². The van der Waals surface area contributed by atoms with Crippen LogP contribution in [0.1, 0.15) is 24.2 Å². The number of rotatable bonds is 6. The second-order valence-corrected chi connectivity index (χ2v) is 6.42. The van der Waals surface area contributed by atoms with Crippen molar-refractivity contribution in [3.63, 3.8) is 0 Å². The summed E-state index contributed by atoms with van der Waals surface area (Å²) >= 11 is 0. The summed E-state index contributed by atoms with van der Waals surface area (Å²) in [4.78, 5) is 52.7. The van der Waals surface area contributed by atoms with Gasteiger partial charge >= 0.3 is 5.97 Å².